The summed E-state index contributed by atoms with van der Waals surface area (Å²) in [6.07, 6.45) is 0. The molecule has 0 aliphatic rings. The van der Waals surface area contributed by atoms with Crippen molar-refractivity contribution in [1.29, 1.82) is 0 Å². The minimum absolute atomic E-state index is 0.0208. The molecule has 0 bridgehead atoms. The number of rotatable bonds is 6. The number of phenols is 1. The smallest absolute Gasteiger partial charge is 0.169 e. The van der Waals surface area contributed by atoms with Crippen molar-refractivity contribution >= 4 is 34.8 Å². The van der Waals surface area contributed by atoms with E-state index in [0.29, 0.717) is 39.7 Å². The monoisotopic (exact) mass is 407 g/mol. The molecule has 3 nitrogen and oxygen atoms in total. The maximum atomic E-state index is 9.98. The highest BCUT2D eigenvalue weighted by Crippen LogP contribution is 2.35. The summed E-state index contributed by atoms with van der Waals surface area (Å²) in [7, 11) is 0. The molecule has 0 aliphatic heterocycles. The topological polar surface area (TPSA) is 41.5 Å². The van der Waals surface area contributed by atoms with Crippen LogP contribution in [0.15, 0.2) is 60.7 Å². The fraction of sp³-hybridized carbons (Fsp3) is 0.100. The predicted octanol–water partition coefficient (Wildman–Crippen LogP) is 6.43. The van der Waals surface area contributed by atoms with Crippen LogP contribution in [0.25, 0.3) is 0 Å². The lowest BCUT2D eigenvalue weighted by Gasteiger charge is -2.13. The molecule has 0 radical (unpaired) electrons. The largest absolute Gasteiger partial charge is 0.504 e. The number of benzene rings is 3. The molecule has 2 N–H and O–H groups in total. The highest BCUT2D eigenvalue weighted by Gasteiger charge is 2.10. The van der Waals surface area contributed by atoms with Crippen molar-refractivity contribution in [3.63, 3.8) is 0 Å². The van der Waals surface area contributed by atoms with Crippen molar-refractivity contribution in [3.8, 4) is 17.2 Å². The first-order valence-corrected chi connectivity index (χ1v) is 9.04. The molecule has 6 heteroatoms. The second kappa shape index (κ2) is 8.65. The number of phenolic OH excluding ortho intramolecular Hbond substituents is 1. The first kappa shape index (κ1) is 18.9. The Labute approximate surface area is 167 Å². The van der Waals surface area contributed by atoms with Gasteiger partial charge in [-0.25, -0.2) is 0 Å². The molecule has 0 spiro atoms. The average Bonchev–Trinajstić information content (AvgIpc) is 2.61. The SMILES string of the molecule is Oc1cc(Cl)ccc1Oc1ccc(Cl)cc1CNCc1ccc(Cl)cc1. The minimum atomic E-state index is -0.0208. The quantitative estimate of drug-likeness (QED) is 0.493. The van der Waals surface area contributed by atoms with Crippen LogP contribution in [0, 0.1) is 0 Å². The highest BCUT2D eigenvalue weighted by molar-refractivity contribution is 6.31. The maximum Gasteiger partial charge on any atom is 0.169 e. The first-order chi connectivity index (χ1) is 12.5. The summed E-state index contributed by atoms with van der Waals surface area (Å²) >= 11 is 17.9. The molecule has 0 aromatic heterocycles. The Balaban J connectivity index is 1.72. The number of nitrogens with one attached hydrogen (secondary N) is 1. The first-order valence-electron chi connectivity index (χ1n) is 7.91. The molecule has 0 heterocycles. The van der Waals surface area contributed by atoms with Crippen molar-refractivity contribution in [2.24, 2.45) is 0 Å². The summed E-state index contributed by atoms with van der Waals surface area (Å²) in [5.41, 5.74) is 2.00. The van der Waals surface area contributed by atoms with Crippen molar-refractivity contribution in [3.05, 3.63) is 86.9 Å². The van der Waals surface area contributed by atoms with Crippen molar-refractivity contribution in [1.82, 2.24) is 5.32 Å². The molecule has 3 aromatic rings. The van der Waals surface area contributed by atoms with Gasteiger partial charge in [-0.2, -0.15) is 0 Å². The van der Waals surface area contributed by atoms with E-state index in [-0.39, 0.29) is 5.75 Å². The van der Waals surface area contributed by atoms with Gasteiger partial charge in [0.25, 0.3) is 0 Å². The van der Waals surface area contributed by atoms with Gasteiger partial charge in [-0.15, -0.1) is 0 Å². The third kappa shape index (κ3) is 5.05. The van der Waals surface area contributed by atoms with Crippen LogP contribution in [-0.2, 0) is 13.1 Å². The van der Waals surface area contributed by atoms with E-state index in [9.17, 15) is 5.11 Å². The molecular formula is C20H16Cl3NO2. The number of aromatic hydroxyl groups is 1. The Morgan fingerprint density at radius 3 is 2.04 bits per heavy atom. The number of hydrogen-bond acceptors (Lipinski definition) is 3. The Kier molecular flexibility index (Phi) is 6.28. The van der Waals surface area contributed by atoms with Gasteiger partial charge < -0.3 is 15.2 Å². The third-order valence-corrected chi connectivity index (χ3v) is 4.44. The molecule has 3 aromatic carbocycles. The Hall–Kier alpha value is -1.91. The molecule has 26 heavy (non-hydrogen) atoms. The van der Waals surface area contributed by atoms with E-state index in [1.807, 2.05) is 30.3 Å². The summed E-state index contributed by atoms with van der Waals surface area (Å²) in [6.45, 7) is 1.22. The number of halogens is 3. The van der Waals surface area contributed by atoms with Crippen molar-refractivity contribution in [2.75, 3.05) is 0 Å². The van der Waals surface area contributed by atoms with Crippen molar-refractivity contribution < 1.29 is 9.84 Å². The van der Waals surface area contributed by atoms with Crippen LogP contribution in [-0.4, -0.2) is 5.11 Å². The van der Waals surface area contributed by atoms with Gasteiger partial charge in [0, 0.05) is 39.8 Å². The molecule has 0 saturated heterocycles. The van der Waals surface area contributed by atoms with Gasteiger partial charge in [-0.1, -0.05) is 46.9 Å². The number of hydrogen-bond donors (Lipinski definition) is 2. The molecule has 3 rings (SSSR count). The van der Waals surface area contributed by atoms with Crippen LogP contribution >= 0.6 is 34.8 Å². The van der Waals surface area contributed by atoms with Gasteiger partial charge in [-0.05, 0) is 48.0 Å². The molecule has 0 unspecified atom stereocenters. The zero-order valence-electron chi connectivity index (χ0n) is 13.7. The van der Waals surface area contributed by atoms with Gasteiger partial charge >= 0.3 is 0 Å². The van der Waals surface area contributed by atoms with Crippen LogP contribution in [0.3, 0.4) is 0 Å². The van der Waals surface area contributed by atoms with Gasteiger partial charge in [0.2, 0.25) is 0 Å². The molecule has 0 fully saturated rings. The standard InChI is InChI=1S/C20H16Cl3NO2/c21-15-3-1-13(2-4-15)11-24-12-14-9-16(22)5-7-19(14)26-20-8-6-17(23)10-18(20)25/h1-10,24-25H,11-12H2. The number of ether oxygens (including phenoxy) is 1. The van der Waals surface area contributed by atoms with Gasteiger partial charge in [0.15, 0.2) is 11.5 Å². The van der Waals surface area contributed by atoms with E-state index >= 15 is 0 Å². The maximum absolute atomic E-state index is 9.98. The summed E-state index contributed by atoms with van der Waals surface area (Å²) < 4.78 is 5.84. The van der Waals surface area contributed by atoms with Crippen LogP contribution in [0.4, 0.5) is 0 Å². The lowest BCUT2D eigenvalue weighted by Crippen LogP contribution is -2.13. The van der Waals surface area contributed by atoms with E-state index < -0.39 is 0 Å². The van der Waals surface area contributed by atoms with Gasteiger partial charge in [0.1, 0.15) is 5.75 Å². The van der Waals surface area contributed by atoms with E-state index in [4.69, 9.17) is 39.5 Å². The fourth-order valence-electron chi connectivity index (χ4n) is 2.42. The second-order valence-corrected chi connectivity index (χ2v) is 7.01. The minimum Gasteiger partial charge on any atom is -0.504 e. The molecule has 0 saturated carbocycles. The van der Waals surface area contributed by atoms with Gasteiger partial charge in [-0.3, -0.25) is 0 Å². The predicted molar refractivity (Wildman–Crippen MR) is 107 cm³/mol. The molecule has 0 atom stereocenters. The van der Waals surface area contributed by atoms with Crippen molar-refractivity contribution in [2.45, 2.75) is 13.1 Å². The highest BCUT2D eigenvalue weighted by atomic mass is 35.5. The van der Waals surface area contributed by atoms with Crippen LogP contribution in [0.2, 0.25) is 15.1 Å². The van der Waals surface area contributed by atoms with E-state index in [1.165, 1.54) is 6.07 Å². The molecule has 0 aliphatic carbocycles. The third-order valence-electron chi connectivity index (χ3n) is 3.72. The summed E-state index contributed by atoms with van der Waals surface area (Å²) in [4.78, 5) is 0. The lowest BCUT2D eigenvalue weighted by atomic mass is 10.2. The molecule has 134 valence electrons. The van der Waals surface area contributed by atoms with Crippen LogP contribution < -0.4 is 10.1 Å². The normalized spacial score (nSPS) is 10.7. The molecular weight excluding hydrogens is 393 g/mol. The van der Waals surface area contributed by atoms with Crippen LogP contribution in [0.5, 0.6) is 17.2 Å². The fourth-order valence-corrected chi connectivity index (χ4v) is 2.91. The van der Waals surface area contributed by atoms with E-state index in [2.05, 4.69) is 5.32 Å². The second-order valence-electron chi connectivity index (χ2n) is 5.70. The zero-order chi connectivity index (χ0) is 18.5. The Bertz CT molecular complexity index is 898. The Morgan fingerprint density at radius 2 is 1.35 bits per heavy atom. The summed E-state index contributed by atoms with van der Waals surface area (Å²) in [5, 5.41) is 15.1. The Morgan fingerprint density at radius 1 is 0.731 bits per heavy atom. The van der Waals surface area contributed by atoms with E-state index in [0.717, 1.165) is 11.1 Å². The van der Waals surface area contributed by atoms with Crippen LogP contribution in [0.1, 0.15) is 11.1 Å². The zero-order valence-corrected chi connectivity index (χ0v) is 15.9. The average molecular weight is 409 g/mol. The lowest BCUT2D eigenvalue weighted by molar-refractivity contribution is 0.408. The van der Waals surface area contributed by atoms with E-state index in [1.54, 1.807) is 24.3 Å². The summed E-state index contributed by atoms with van der Waals surface area (Å²) in [6, 6.07) is 17.7. The van der Waals surface area contributed by atoms with Gasteiger partial charge in [0.05, 0.1) is 0 Å². The summed E-state index contributed by atoms with van der Waals surface area (Å²) in [5.74, 6) is 0.916. The molecule has 0 amide bonds.